The van der Waals surface area contributed by atoms with Crippen molar-refractivity contribution in [2.24, 2.45) is 0 Å². The van der Waals surface area contributed by atoms with Crippen LogP contribution in [-0.2, 0) is 20.7 Å². The monoisotopic (exact) mass is 506 g/mol. The maximum atomic E-state index is 14.8. The van der Waals surface area contributed by atoms with Gasteiger partial charge in [-0.3, -0.25) is 10.2 Å². The molecule has 1 saturated heterocycles. The molecular formula is C24H29F3N6O3. The molecule has 194 valence electrons. The van der Waals surface area contributed by atoms with Crippen LogP contribution in [0, 0.1) is 12.7 Å². The first-order valence-electron chi connectivity index (χ1n) is 11.6. The third-order valence-corrected chi connectivity index (χ3v) is 6.06. The number of aromatic nitrogens is 2. The Morgan fingerprint density at radius 3 is 2.47 bits per heavy atom. The van der Waals surface area contributed by atoms with E-state index in [2.05, 4.69) is 25.6 Å². The predicted molar refractivity (Wildman–Crippen MR) is 125 cm³/mol. The van der Waals surface area contributed by atoms with Gasteiger partial charge in [-0.05, 0) is 20.9 Å². The Bertz CT molecular complexity index is 1120. The zero-order valence-corrected chi connectivity index (χ0v) is 20.3. The molecule has 4 rings (SSSR count). The van der Waals surface area contributed by atoms with E-state index in [-0.39, 0.29) is 23.7 Å². The lowest BCUT2D eigenvalue weighted by Gasteiger charge is -2.32. The first kappa shape index (κ1) is 25.7. The zero-order chi connectivity index (χ0) is 25.8. The van der Waals surface area contributed by atoms with Crippen LogP contribution in [0.5, 0.6) is 0 Å². The molecule has 2 N–H and O–H groups in total. The number of anilines is 1. The number of hydrogen-bond donors (Lipinski definition) is 2. The van der Waals surface area contributed by atoms with E-state index in [1.54, 1.807) is 13.8 Å². The molecule has 2 aromatic rings. The van der Waals surface area contributed by atoms with Crippen LogP contribution < -0.4 is 10.7 Å². The highest BCUT2D eigenvalue weighted by molar-refractivity contribution is 5.78. The summed E-state index contributed by atoms with van der Waals surface area (Å²) in [7, 11) is 2.02. The van der Waals surface area contributed by atoms with Crippen LogP contribution in [0.3, 0.4) is 0 Å². The second-order valence-electron chi connectivity index (χ2n) is 8.78. The molecule has 2 aliphatic heterocycles. The normalized spacial score (nSPS) is 17.6. The topological polar surface area (TPSA) is 91.9 Å². The molecule has 0 bridgehead atoms. The lowest BCUT2D eigenvalue weighted by atomic mass is 10.0. The van der Waals surface area contributed by atoms with E-state index in [1.165, 1.54) is 24.7 Å². The van der Waals surface area contributed by atoms with E-state index in [4.69, 9.17) is 9.47 Å². The number of nitrogens with zero attached hydrogens (tertiary/aromatic N) is 4. The number of piperazine rings is 1. The van der Waals surface area contributed by atoms with Crippen molar-refractivity contribution < 1.29 is 27.4 Å². The number of halogens is 3. The lowest BCUT2D eigenvalue weighted by Crippen LogP contribution is -2.52. The molecule has 9 nitrogen and oxygen atoms in total. The molecule has 0 spiro atoms. The molecule has 1 aromatic carbocycles. The third-order valence-electron chi connectivity index (χ3n) is 6.06. The summed E-state index contributed by atoms with van der Waals surface area (Å²) >= 11 is 0. The third kappa shape index (κ3) is 5.88. The first-order chi connectivity index (χ1) is 17.2. The fourth-order valence-corrected chi connectivity index (χ4v) is 4.15. The maximum Gasteiger partial charge on any atom is 0.271 e. The lowest BCUT2D eigenvalue weighted by molar-refractivity contribution is -0.126. The Morgan fingerprint density at radius 1 is 1.14 bits per heavy atom. The van der Waals surface area contributed by atoms with Crippen molar-refractivity contribution in [3.05, 3.63) is 64.7 Å². The van der Waals surface area contributed by atoms with Gasteiger partial charge in [-0.15, -0.1) is 0 Å². The van der Waals surface area contributed by atoms with Crippen molar-refractivity contribution in [2.45, 2.75) is 39.0 Å². The number of amides is 1. The van der Waals surface area contributed by atoms with Crippen molar-refractivity contribution >= 4 is 11.7 Å². The number of nitrogens with one attached hydrogen (secondary N) is 2. The van der Waals surface area contributed by atoms with Gasteiger partial charge in [0.2, 0.25) is 5.91 Å². The molecule has 1 fully saturated rings. The van der Waals surface area contributed by atoms with Crippen molar-refractivity contribution in [3.63, 3.8) is 0 Å². The number of aryl methyl sites for hydroxylation is 1. The number of alkyl halides is 2. The molecule has 1 amide bonds. The van der Waals surface area contributed by atoms with Crippen LogP contribution in [0.1, 0.15) is 53.9 Å². The molecular weight excluding hydrogens is 477 g/mol. The smallest absolute Gasteiger partial charge is 0.271 e. The summed E-state index contributed by atoms with van der Waals surface area (Å²) in [6.45, 7) is 6.36. The largest absolute Gasteiger partial charge is 0.455 e. The molecule has 0 radical (unpaired) electrons. The minimum Gasteiger partial charge on any atom is -0.455 e. The summed E-state index contributed by atoms with van der Waals surface area (Å²) < 4.78 is 52.3. The molecule has 1 aromatic heterocycles. The van der Waals surface area contributed by atoms with Crippen molar-refractivity contribution in [1.29, 1.82) is 0 Å². The van der Waals surface area contributed by atoms with E-state index < -0.39 is 30.1 Å². The molecule has 3 heterocycles. The first-order valence-corrected chi connectivity index (χ1v) is 11.6. The fourth-order valence-electron chi connectivity index (χ4n) is 4.15. The summed E-state index contributed by atoms with van der Waals surface area (Å²) in [5, 5.41) is 4.94. The number of likely N-dealkylation sites (N-methyl/N-ethyl adjacent to an activating group) is 1. The Morgan fingerprint density at radius 2 is 1.81 bits per heavy atom. The summed E-state index contributed by atoms with van der Waals surface area (Å²) in [4.78, 5) is 23.9. The van der Waals surface area contributed by atoms with Crippen LogP contribution in [-0.4, -0.2) is 59.0 Å². The summed E-state index contributed by atoms with van der Waals surface area (Å²) in [6, 6.07) is 3.13. The summed E-state index contributed by atoms with van der Waals surface area (Å²) in [5.74, 6) is -0.627. The highest BCUT2D eigenvalue weighted by Crippen LogP contribution is 2.35. The van der Waals surface area contributed by atoms with Gasteiger partial charge in [0.25, 0.3) is 12.7 Å². The van der Waals surface area contributed by atoms with Crippen molar-refractivity contribution in [1.82, 2.24) is 25.3 Å². The number of carbonyl (C=O) groups is 1. The van der Waals surface area contributed by atoms with Gasteiger partial charge in [-0.25, -0.2) is 28.1 Å². The van der Waals surface area contributed by atoms with Gasteiger partial charge in [-0.2, -0.15) is 0 Å². The number of rotatable bonds is 8. The SMILES string of the molecule is Cc1nc(CC(=O)NN2CCN(C)CC2)c(C2OC=CO2)c(N[C@H](C)c2cccc(C(F)F)c2F)n1. The molecule has 0 saturated carbocycles. The van der Waals surface area contributed by atoms with Gasteiger partial charge in [0.1, 0.15) is 30.0 Å². The highest BCUT2D eigenvalue weighted by Gasteiger charge is 2.29. The van der Waals surface area contributed by atoms with Crippen LogP contribution in [0.15, 0.2) is 30.7 Å². The Kier molecular flexibility index (Phi) is 7.94. The number of hydrogen-bond acceptors (Lipinski definition) is 8. The Hall–Kier alpha value is -3.38. The number of benzene rings is 1. The molecule has 2 aliphatic rings. The molecule has 0 unspecified atom stereocenters. The molecule has 36 heavy (non-hydrogen) atoms. The highest BCUT2D eigenvalue weighted by atomic mass is 19.3. The van der Waals surface area contributed by atoms with E-state index >= 15 is 0 Å². The van der Waals surface area contributed by atoms with Gasteiger partial charge in [0, 0.05) is 31.7 Å². The summed E-state index contributed by atoms with van der Waals surface area (Å²) in [6.07, 6.45) is -1.23. The Labute approximate surface area is 207 Å². The Balaban J connectivity index is 1.60. The number of carbonyl (C=O) groups excluding carboxylic acids is 1. The van der Waals surface area contributed by atoms with Crippen molar-refractivity contribution in [3.8, 4) is 0 Å². The zero-order valence-electron chi connectivity index (χ0n) is 20.3. The predicted octanol–water partition coefficient (Wildman–Crippen LogP) is 3.37. The van der Waals surface area contributed by atoms with E-state index in [1.807, 2.05) is 12.1 Å². The summed E-state index contributed by atoms with van der Waals surface area (Å²) in [5.41, 5.74) is 3.03. The van der Waals surface area contributed by atoms with Crippen molar-refractivity contribution in [2.75, 3.05) is 38.5 Å². The molecule has 1 atom stereocenters. The molecule has 0 aliphatic carbocycles. The standard InChI is InChI=1S/C24H29F3N6O3/c1-14(16-5-4-6-17(21(16)25)22(26)27)28-23-20(24-35-11-12-36-24)18(29-15(2)30-23)13-19(34)31-33-9-7-32(3)8-10-33/h4-6,11-12,14,22,24H,7-10,13H2,1-3H3,(H,31,34)(H,28,29,30)/t14-/m1/s1. The van der Waals surface area contributed by atoms with E-state index in [0.717, 1.165) is 19.2 Å². The number of ether oxygens (including phenoxy) is 2. The average molecular weight is 507 g/mol. The van der Waals surface area contributed by atoms with Gasteiger partial charge in [0.05, 0.1) is 29.3 Å². The average Bonchev–Trinajstić information content (AvgIpc) is 3.34. The van der Waals surface area contributed by atoms with Gasteiger partial charge >= 0.3 is 0 Å². The second kappa shape index (κ2) is 11.1. The maximum absolute atomic E-state index is 14.8. The van der Waals surface area contributed by atoms with Gasteiger partial charge in [0.15, 0.2) is 0 Å². The minimum absolute atomic E-state index is 0.0516. The van der Waals surface area contributed by atoms with Gasteiger partial charge < -0.3 is 19.7 Å². The van der Waals surface area contributed by atoms with E-state index in [9.17, 15) is 18.0 Å². The van der Waals surface area contributed by atoms with Gasteiger partial charge in [-0.1, -0.05) is 18.2 Å². The quantitative estimate of drug-likeness (QED) is 0.563. The minimum atomic E-state index is -2.94. The second-order valence-corrected chi connectivity index (χ2v) is 8.78. The molecule has 12 heteroatoms. The van der Waals surface area contributed by atoms with Crippen LogP contribution >= 0.6 is 0 Å². The van der Waals surface area contributed by atoms with Crippen LogP contribution in [0.4, 0.5) is 19.0 Å². The van der Waals surface area contributed by atoms with E-state index in [0.29, 0.717) is 30.2 Å². The van der Waals surface area contributed by atoms with Crippen LogP contribution in [0.25, 0.3) is 0 Å². The number of hydrazine groups is 1. The van der Waals surface area contributed by atoms with Crippen LogP contribution in [0.2, 0.25) is 0 Å². The fraction of sp³-hybridized carbons (Fsp3) is 0.458.